The molecule has 158 valence electrons. The lowest BCUT2D eigenvalue weighted by molar-refractivity contribution is 0.269. The lowest BCUT2D eigenvalue weighted by atomic mass is 10.1. The smallest absolute Gasteiger partial charge is 0.235 e. The zero-order valence-corrected chi connectivity index (χ0v) is 18.1. The predicted octanol–water partition coefficient (Wildman–Crippen LogP) is 6.38. The summed E-state index contributed by atoms with van der Waals surface area (Å²) >= 11 is 0. The average molecular weight is 415 g/mol. The molecule has 0 spiro atoms. The van der Waals surface area contributed by atoms with E-state index in [1.807, 2.05) is 67.6 Å². The van der Waals surface area contributed by atoms with Crippen LogP contribution in [0.2, 0.25) is 0 Å². The largest absolute Gasteiger partial charge is 0.493 e. The van der Waals surface area contributed by atoms with E-state index in [-0.39, 0.29) is 17.8 Å². The van der Waals surface area contributed by atoms with Gasteiger partial charge in [0.05, 0.1) is 12.0 Å². The number of rotatable bonds is 7. The van der Waals surface area contributed by atoms with Gasteiger partial charge in [-0.2, -0.15) is 0 Å². The van der Waals surface area contributed by atoms with Crippen molar-refractivity contribution in [3.05, 3.63) is 94.1 Å². The normalized spacial score (nSPS) is 11.1. The Labute approximate surface area is 182 Å². The highest BCUT2D eigenvalue weighted by Gasteiger charge is 2.19. The second-order valence-electron chi connectivity index (χ2n) is 8.04. The van der Waals surface area contributed by atoms with Gasteiger partial charge in [-0.25, -0.2) is 0 Å². The van der Waals surface area contributed by atoms with E-state index in [1.54, 1.807) is 12.1 Å². The Morgan fingerprint density at radius 2 is 1.65 bits per heavy atom. The third-order valence-electron chi connectivity index (χ3n) is 5.00. The molecule has 4 nitrogen and oxygen atoms in total. The summed E-state index contributed by atoms with van der Waals surface area (Å²) in [7, 11) is 0. The monoisotopic (exact) mass is 414 g/mol. The van der Waals surface area contributed by atoms with Crippen LogP contribution in [0.5, 0.6) is 11.5 Å². The molecule has 0 bridgehead atoms. The average Bonchev–Trinajstić information content (AvgIpc) is 2.78. The van der Waals surface area contributed by atoms with Gasteiger partial charge in [0.2, 0.25) is 11.2 Å². The summed E-state index contributed by atoms with van der Waals surface area (Å²) in [6.07, 6.45) is 0. The quantitative estimate of drug-likeness (QED) is 0.352. The summed E-state index contributed by atoms with van der Waals surface area (Å²) < 4.78 is 18.2. The number of hydrogen-bond acceptors (Lipinski definition) is 4. The van der Waals surface area contributed by atoms with Crippen LogP contribution in [0.3, 0.4) is 0 Å². The van der Waals surface area contributed by atoms with Crippen LogP contribution in [0, 0.1) is 12.8 Å². The van der Waals surface area contributed by atoms with Gasteiger partial charge in [-0.15, -0.1) is 0 Å². The standard InChI is InChI=1S/C27H26O4/c1-18(2)16-29-24-15-21(14-13-19(24)3)26-27(30-17-20-9-5-4-6-10-20)25(28)22-11-7-8-12-23(22)31-26/h4-15,18H,16-17H2,1-3H3. The summed E-state index contributed by atoms with van der Waals surface area (Å²) in [4.78, 5) is 13.3. The van der Waals surface area contributed by atoms with E-state index in [4.69, 9.17) is 13.9 Å². The fourth-order valence-corrected chi connectivity index (χ4v) is 3.33. The minimum Gasteiger partial charge on any atom is -0.493 e. The Bertz CT molecular complexity index is 1240. The third-order valence-corrected chi connectivity index (χ3v) is 5.00. The Morgan fingerprint density at radius 1 is 0.903 bits per heavy atom. The molecule has 0 saturated heterocycles. The molecule has 0 aliphatic heterocycles. The second-order valence-corrected chi connectivity index (χ2v) is 8.04. The number of aryl methyl sites for hydroxylation is 1. The van der Waals surface area contributed by atoms with E-state index < -0.39 is 0 Å². The topological polar surface area (TPSA) is 48.7 Å². The number of para-hydroxylation sites is 1. The molecule has 4 rings (SSSR count). The van der Waals surface area contributed by atoms with E-state index in [1.165, 1.54) is 0 Å². The van der Waals surface area contributed by atoms with Crippen LogP contribution in [-0.4, -0.2) is 6.61 Å². The van der Waals surface area contributed by atoms with Crippen LogP contribution in [0.25, 0.3) is 22.3 Å². The molecule has 0 unspecified atom stereocenters. The highest BCUT2D eigenvalue weighted by Crippen LogP contribution is 2.34. The first-order valence-corrected chi connectivity index (χ1v) is 10.5. The Morgan fingerprint density at radius 3 is 2.42 bits per heavy atom. The van der Waals surface area contributed by atoms with E-state index >= 15 is 0 Å². The molecule has 1 heterocycles. The van der Waals surface area contributed by atoms with Crippen molar-refractivity contribution in [2.75, 3.05) is 6.61 Å². The molecule has 31 heavy (non-hydrogen) atoms. The highest BCUT2D eigenvalue weighted by atomic mass is 16.5. The van der Waals surface area contributed by atoms with E-state index in [0.717, 1.165) is 22.4 Å². The maximum atomic E-state index is 13.3. The molecule has 0 aliphatic carbocycles. The molecule has 0 aliphatic rings. The number of hydrogen-bond donors (Lipinski definition) is 0. The SMILES string of the molecule is Cc1ccc(-c2oc3ccccc3c(=O)c2OCc2ccccc2)cc1OCC(C)C. The fraction of sp³-hybridized carbons (Fsp3) is 0.222. The maximum absolute atomic E-state index is 13.3. The van der Waals surface area contributed by atoms with E-state index in [0.29, 0.717) is 29.3 Å². The second kappa shape index (κ2) is 9.09. The lowest BCUT2D eigenvalue weighted by Crippen LogP contribution is -2.10. The van der Waals surface area contributed by atoms with Crippen molar-refractivity contribution in [1.82, 2.24) is 0 Å². The van der Waals surface area contributed by atoms with E-state index in [2.05, 4.69) is 13.8 Å². The summed E-state index contributed by atoms with van der Waals surface area (Å²) in [5.41, 5.74) is 3.10. The zero-order chi connectivity index (χ0) is 21.8. The molecule has 1 aromatic heterocycles. The summed E-state index contributed by atoms with van der Waals surface area (Å²) in [6.45, 7) is 7.11. The Balaban J connectivity index is 1.80. The van der Waals surface area contributed by atoms with Crippen molar-refractivity contribution in [1.29, 1.82) is 0 Å². The van der Waals surface area contributed by atoms with Gasteiger partial charge in [0.15, 0.2) is 5.76 Å². The highest BCUT2D eigenvalue weighted by molar-refractivity contribution is 5.82. The van der Waals surface area contributed by atoms with Crippen molar-refractivity contribution >= 4 is 11.0 Å². The van der Waals surface area contributed by atoms with Gasteiger partial charge < -0.3 is 13.9 Å². The van der Waals surface area contributed by atoms with Crippen LogP contribution < -0.4 is 14.9 Å². The van der Waals surface area contributed by atoms with Gasteiger partial charge in [-0.3, -0.25) is 4.79 Å². The van der Waals surface area contributed by atoms with Gasteiger partial charge in [0, 0.05) is 5.56 Å². The molecule has 4 heteroatoms. The van der Waals surface area contributed by atoms with Gasteiger partial charge in [0.1, 0.15) is 17.9 Å². The predicted molar refractivity (Wildman–Crippen MR) is 124 cm³/mol. The van der Waals surface area contributed by atoms with E-state index in [9.17, 15) is 4.79 Å². The molecule has 0 amide bonds. The molecule has 0 saturated carbocycles. The van der Waals surface area contributed by atoms with Gasteiger partial charge in [0.25, 0.3) is 0 Å². The first-order valence-electron chi connectivity index (χ1n) is 10.5. The minimum absolute atomic E-state index is 0.182. The molecule has 3 aromatic carbocycles. The summed E-state index contributed by atoms with van der Waals surface area (Å²) in [6, 6.07) is 22.8. The number of fused-ring (bicyclic) bond motifs is 1. The number of ether oxygens (including phenoxy) is 2. The molecule has 0 fully saturated rings. The fourth-order valence-electron chi connectivity index (χ4n) is 3.33. The van der Waals surface area contributed by atoms with Crippen molar-refractivity contribution in [2.45, 2.75) is 27.4 Å². The third kappa shape index (κ3) is 4.64. The minimum atomic E-state index is -0.182. The van der Waals surface area contributed by atoms with Gasteiger partial charge in [-0.05, 0) is 42.2 Å². The summed E-state index contributed by atoms with van der Waals surface area (Å²) in [5, 5.41) is 0.498. The van der Waals surface area contributed by atoms with Crippen LogP contribution in [0.15, 0.2) is 82.0 Å². The molecular weight excluding hydrogens is 388 g/mol. The van der Waals surface area contributed by atoms with Crippen molar-refractivity contribution in [3.8, 4) is 22.8 Å². The molecule has 0 N–H and O–H groups in total. The maximum Gasteiger partial charge on any atom is 0.235 e. The van der Waals surface area contributed by atoms with Crippen LogP contribution >= 0.6 is 0 Å². The summed E-state index contributed by atoms with van der Waals surface area (Å²) in [5.74, 6) is 1.80. The molecule has 4 aromatic rings. The number of benzene rings is 3. The molecule has 0 atom stereocenters. The Kier molecular flexibility index (Phi) is 6.08. The van der Waals surface area contributed by atoms with Crippen LogP contribution in [0.4, 0.5) is 0 Å². The van der Waals surface area contributed by atoms with Crippen LogP contribution in [-0.2, 0) is 6.61 Å². The van der Waals surface area contributed by atoms with Crippen molar-refractivity contribution < 1.29 is 13.9 Å². The molecular formula is C27H26O4. The molecule has 0 radical (unpaired) electrons. The lowest BCUT2D eigenvalue weighted by Gasteiger charge is -2.15. The van der Waals surface area contributed by atoms with Gasteiger partial charge in [-0.1, -0.05) is 68.4 Å². The first-order chi connectivity index (χ1) is 15.0. The first kappa shape index (κ1) is 20.7. The van der Waals surface area contributed by atoms with Gasteiger partial charge >= 0.3 is 0 Å². The Hall–Kier alpha value is -3.53. The van der Waals surface area contributed by atoms with Crippen molar-refractivity contribution in [2.24, 2.45) is 5.92 Å². The zero-order valence-electron chi connectivity index (χ0n) is 18.1. The van der Waals surface area contributed by atoms with Crippen molar-refractivity contribution in [3.63, 3.8) is 0 Å². The van der Waals surface area contributed by atoms with Crippen LogP contribution in [0.1, 0.15) is 25.0 Å².